The molecule has 0 unspecified atom stereocenters. The summed E-state index contributed by atoms with van der Waals surface area (Å²) >= 11 is 12.5. The number of nitrogens with zero attached hydrogens (tertiary/aromatic N) is 3. The van der Waals surface area contributed by atoms with Crippen LogP contribution in [0.15, 0.2) is 112 Å². The summed E-state index contributed by atoms with van der Waals surface area (Å²) in [6, 6.07) is 26.1. The zero-order valence-electron chi connectivity index (χ0n) is 25.5. The molecule has 1 N–H and O–H groups in total. The number of allylic oxidation sites excluding steroid dienone is 2. The molecule has 0 saturated heterocycles. The Balaban J connectivity index is 0.000000322. The summed E-state index contributed by atoms with van der Waals surface area (Å²) in [5.74, 6) is 1.68. The molecule has 0 fully saturated rings. The highest BCUT2D eigenvalue weighted by atomic mass is 35.5. The Labute approximate surface area is 278 Å². The van der Waals surface area contributed by atoms with Crippen LogP contribution in [0.25, 0.3) is 28.3 Å². The number of hydrogen-bond donors (Lipinski definition) is 1. The van der Waals surface area contributed by atoms with E-state index in [1.54, 1.807) is 12.1 Å². The number of fused-ring (bicyclic) bond motifs is 2. The minimum atomic E-state index is -4.27. The second-order valence-electron chi connectivity index (χ2n) is 10.6. The summed E-state index contributed by atoms with van der Waals surface area (Å²) in [4.78, 5) is 3.89. The van der Waals surface area contributed by atoms with E-state index in [9.17, 15) is 18.1 Å². The van der Waals surface area contributed by atoms with Gasteiger partial charge in [-0.25, -0.2) is 8.42 Å². The van der Waals surface area contributed by atoms with Gasteiger partial charge in [0.2, 0.25) is 5.58 Å². The van der Waals surface area contributed by atoms with Crippen molar-refractivity contribution in [2.24, 2.45) is 0 Å². The Morgan fingerprint density at radius 2 is 1.61 bits per heavy atom. The van der Waals surface area contributed by atoms with Crippen molar-refractivity contribution in [3.63, 3.8) is 0 Å². The Kier molecular flexibility index (Phi) is 10.2. The van der Waals surface area contributed by atoms with E-state index in [2.05, 4.69) is 35.8 Å². The van der Waals surface area contributed by atoms with Crippen LogP contribution in [0.2, 0.25) is 10.0 Å². The van der Waals surface area contributed by atoms with Gasteiger partial charge in [-0.3, -0.25) is 0 Å². The summed E-state index contributed by atoms with van der Waals surface area (Å²) in [5.41, 5.74) is 7.00. The molecule has 0 spiro atoms. The van der Waals surface area contributed by atoms with Gasteiger partial charge in [0, 0.05) is 19.7 Å². The summed E-state index contributed by atoms with van der Waals surface area (Å²) in [6.07, 6.45) is 5.93. The molecule has 0 radical (unpaired) electrons. The van der Waals surface area contributed by atoms with Crippen LogP contribution in [0.4, 0.5) is 11.4 Å². The number of hydrogen-bond acceptors (Lipinski definition) is 7. The molecular weight excluding hydrogens is 645 g/mol. The van der Waals surface area contributed by atoms with Gasteiger partial charge < -0.3 is 23.9 Å². The average molecular weight is 679 g/mol. The van der Waals surface area contributed by atoms with Crippen LogP contribution < -0.4 is 14.4 Å². The molecule has 1 aromatic heterocycles. The van der Waals surface area contributed by atoms with Gasteiger partial charge >= 0.3 is 5.89 Å². The number of aromatic nitrogens is 1. The second kappa shape index (κ2) is 14.1. The van der Waals surface area contributed by atoms with E-state index in [1.807, 2.05) is 78.4 Å². The number of aliphatic hydroxyl groups is 1. The summed E-state index contributed by atoms with van der Waals surface area (Å²) in [5, 5.41) is 10.6. The molecule has 0 aliphatic carbocycles. The Morgan fingerprint density at radius 3 is 2.24 bits per heavy atom. The normalized spacial score (nSPS) is 13.8. The van der Waals surface area contributed by atoms with Gasteiger partial charge in [-0.2, -0.15) is 4.57 Å². The molecule has 11 heteroatoms. The van der Waals surface area contributed by atoms with Crippen molar-refractivity contribution in [1.29, 1.82) is 0 Å². The lowest BCUT2D eigenvalue weighted by Gasteiger charge is -2.21. The molecule has 0 atom stereocenters. The number of benzene rings is 4. The van der Waals surface area contributed by atoms with Crippen LogP contribution in [-0.2, 0) is 16.7 Å². The van der Waals surface area contributed by atoms with Crippen molar-refractivity contribution in [2.45, 2.75) is 25.3 Å². The first-order chi connectivity index (χ1) is 22.0. The van der Waals surface area contributed by atoms with E-state index in [0.29, 0.717) is 16.6 Å². The van der Waals surface area contributed by atoms with Crippen LogP contribution in [0.1, 0.15) is 18.4 Å². The monoisotopic (exact) mass is 677 g/mol. The molecule has 1 aliphatic rings. The maximum absolute atomic E-state index is 10.4. The lowest BCUT2D eigenvalue weighted by molar-refractivity contribution is -0.674. The Hall–Kier alpha value is -4.12. The number of β-amino-alcohol motifs (C(OH)–C–C–N with tert-alkyl or cyclic N) is 1. The van der Waals surface area contributed by atoms with Crippen LogP contribution in [0.5, 0.6) is 0 Å². The van der Waals surface area contributed by atoms with E-state index < -0.39 is 10.1 Å². The van der Waals surface area contributed by atoms with Crippen molar-refractivity contribution < 1.29 is 27.1 Å². The standard InChI is InChI=1S/C28H26Cl2N3O2.C7H8O3S/c1-3-32-25-16-20(19-8-5-4-6-9-19)12-13-26(25)35-28(32)11-7-10-27-31(2)23-17-21(29)22(30)18-24(23)33(27)14-15-34;1-6-2-4-7(5-3-6)11(8,9)10/h4-13,16-18,34H,3,14-15H2,1-2H3;2-5H,1H3,(H,8,9,10)/q+1;/p-1. The fraction of sp³-hybridized carbons (Fsp3) is 0.171. The quantitative estimate of drug-likeness (QED) is 0.141. The molecule has 0 saturated carbocycles. The van der Waals surface area contributed by atoms with Gasteiger partial charge in [0.15, 0.2) is 0 Å². The van der Waals surface area contributed by atoms with E-state index in [1.165, 1.54) is 17.7 Å². The number of anilines is 2. The third kappa shape index (κ3) is 7.14. The number of rotatable bonds is 7. The van der Waals surface area contributed by atoms with Crippen LogP contribution >= 0.6 is 23.2 Å². The van der Waals surface area contributed by atoms with E-state index in [-0.39, 0.29) is 11.5 Å². The van der Waals surface area contributed by atoms with Crippen molar-refractivity contribution in [3.8, 4) is 11.1 Å². The van der Waals surface area contributed by atoms with Gasteiger partial charge in [-0.1, -0.05) is 77.3 Å². The zero-order valence-corrected chi connectivity index (χ0v) is 27.9. The van der Waals surface area contributed by atoms with Crippen LogP contribution in [0, 0.1) is 6.92 Å². The van der Waals surface area contributed by atoms with Crippen molar-refractivity contribution in [3.05, 3.63) is 124 Å². The zero-order chi connectivity index (χ0) is 33.0. The third-order valence-corrected chi connectivity index (χ3v) is 9.13. The fourth-order valence-electron chi connectivity index (χ4n) is 5.26. The Bertz CT molecular complexity index is 2030. The maximum Gasteiger partial charge on any atom is 0.374 e. The predicted octanol–water partition coefficient (Wildman–Crippen LogP) is 7.42. The topological polar surface area (TPSA) is 101 Å². The number of oxazole rings is 1. The van der Waals surface area contributed by atoms with Crippen molar-refractivity contribution in [2.75, 3.05) is 30.0 Å². The maximum atomic E-state index is 10.4. The SMILES string of the molecule is CC[n+]1c(/C=C/C=C2/N(C)c3cc(Cl)c(Cl)cc3N2CCO)oc2ccc(-c3ccccc3)cc21.Cc1ccc(S(=O)(=O)[O-])cc1. The average Bonchev–Trinajstić information content (AvgIpc) is 3.51. The van der Waals surface area contributed by atoms with Gasteiger partial charge in [-0.05, 0) is 67.5 Å². The number of aliphatic hydroxyl groups excluding tert-OH is 1. The summed E-state index contributed by atoms with van der Waals surface area (Å²) < 4.78 is 39.5. The molecule has 6 rings (SSSR count). The molecule has 0 amide bonds. The first-order valence-electron chi connectivity index (χ1n) is 14.6. The lowest BCUT2D eigenvalue weighted by Crippen LogP contribution is -2.33. The molecule has 238 valence electrons. The van der Waals surface area contributed by atoms with Crippen LogP contribution in [0.3, 0.4) is 0 Å². The highest BCUT2D eigenvalue weighted by molar-refractivity contribution is 7.85. The molecular formula is C35H33Cl2N3O5S. The first-order valence-corrected chi connectivity index (χ1v) is 16.7. The van der Waals surface area contributed by atoms with E-state index in [4.69, 9.17) is 27.6 Å². The molecule has 2 heterocycles. The van der Waals surface area contributed by atoms with Gasteiger partial charge in [-0.15, -0.1) is 0 Å². The fourth-order valence-corrected chi connectivity index (χ4v) is 6.04. The minimum absolute atomic E-state index is 0.0116. The molecule has 5 aromatic rings. The molecule has 8 nitrogen and oxygen atoms in total. The smallest absolute Gasteiger partial charge is 0.374 e. The van der Waals surface area contributed by atoms with Gasteiger partial charge in [0.1, 0.15) is 22.5 Å². The van der Waals surface area contributed by atoms with E-state index in [0.717, 1.165) is 51.9 Å². The van der Waals surface area contributed by atoms with E-state index >= 15 is 0 Å². The largest absolute Gasteiger partial charge is 0.744 e. The second-order valence-corrected chi connectivity index (χ2v) is 12.8. The van der Waals surface area contributed by atoms with Crippen LogP contribution in [-0.4, -0.2) is 38.3 Å². The molecule has 1 aliphatic heterocycles. The molecule has 0 bridgehead atoms. The van der Waals surface area contributed by atoms with Gasteiger partial charge in [0.25, 0.3) is 5.52 Å². The number of halogens is 2. The molecule has 46 heavy (non-hydrogen) atoms. The predicted molar refractivity (Wildman–Crippen MR) is 183 cm³/mol. The van der Waals surface area contributed by atoms with Gasteiger partial charge in [0.05, 0.1) is 39.0 Å². The van der Waals surface area contributed by atoms with Crippen molar-refractivity contribution >= 4 is 61.9 Å². The highest BCUT2D eigenvalue weighted by Gasteiger charge is 2.29. The Morgan fingerprint density at radius 1 is 0.935 bits per heavy atom. The minimum Gasteiger partial charge on any atom is -0.744 e. The third-order valence-electron chi connectivity index (χ3n) is 7.56. The summed E-state index contributed by atoms with van der Waals surface area (Å²) in [7, 11) is -2.30. The number of aryl methyl sites for hydroxylation is 2. The molecule has 4 aromatic carbocycles. The first kappa shape index (κ1) is 33.2. The summed E-state index contributed by atoms with van der Waals surface area (Å²) in [6.45, 7) is 5.16. The van der Waals surface area contributed by atoms with Crippen molar-refractivity contribution in [1.82, 2.24) is 0 Å². The highest BCUT2D eigenvalue weighted by Crippen LogP contribution is 2.44. The lowest BCUT2D eigenvalue weighted by atomic mass is 10.1.